The fourth-order valence-corrected chi connectivity index (χ4v) is 7.61. The summed E-state index contributed by atoms with van der Waals surface area (Å²) in [5, 5.41) is 19.3. The normalized spacial score (nSPS) is 10.9. The Hall–Kier alpha value is 0.890. The monoisotopic (exact) mass is 921 g/mol. The number of aromatic carboxylic acids is 2. The molecule has 0 saturated heterocycles. The number of halogens is 8. The van der Waals surface area contributed by atoms with Gasteiger partial charge in [0.25, 0.3) is 0 Å². The van der Waals surface area contributed by atoms with Crippen LogP contribution in [-0.4, -0.2) is 27.9 Å². The zero-order chi connectivity index (χ0) is 23.1. The van der Waals surface area contributed by atoms with Gasteiger partial charge < -0.3 is 10.2 Å². The smallest absolute Gasteiger partial charge is 0.337 e. The summed E-state index contributed by atoms with van der Waals surface area (Å²) < 4.78 is 3.47. The zero-order valence-electron chi connectivity index (χ0n) is 14.1. The average Bonchev–Trinajstić information content (AvgIpc) is 2.66. The standard InChI is InChI=1S/C17H6Br8O5/c18-8-4(6(16(27)28)10(20)14(24)12(8)22)1-3(26)2-5-7(17(29)30)11(21)15(25)13(23)9(5)19/h1-2H2,(H,27,28)(H,29,30). The van der Waals surface area contributed by atoms with Gasteiger partial charge in [0, 0.05) is 48.6 Å². The first kappa shape index (κ1) is 27.1. The molecule has 2 rings (SSSR count). The van der Waals surface area contributed by atoms with Crippen molar-refractivity contribution >= 4 is 145 Å². The third-order valence-electron chi connectivity index (χ3n) is 3.90. The molecule has 0 aliphatic rings. The first-order valence-electron chi connectivity index (χ1n) is 7.49. The number of carbonyl (C=O) groups excluding carboxylic acids is 1. The number of benzene rings is 2. The number of ketones is 1. The van der Waals surface area contributed by atoms with Crippen LogP contribution in [0.15, 0.2) is 35.8 Å². The molecule has 0 amide bonds. The largest absolute Gasteiger partial charge is 0.478 e. The van der Waals surface area contributed by atoms with E-state index >= 15 is 0 Å². The minimum Gasteiger partial charge on any atom is -0.478 e. The number of carboxylic acid groups (broad SMARTS) is 2. The van der Waals surface area contributed by atoms with Crippen LogP contribution in [0, 0.1) is 0 Å². The van der Waals surface area contributed by atoms with Crippen LogP contribution in [0.1, 0.15) is 31.8 Å². The minimum atomic E-state index is -1.21. The van der Waals surface area contributed by atoms with E-state index in [1.165, 1.54) is 0 Å². The molecule has 0 radical (unpaired) electrons. The van der Waals surface area contributed by atoms with E-state index in [-0.39, 0.29) is 49.8 Å². The van der Waals surface area contributed by atoms with E-state index in [0.29, 0.717) is 26.8 Å². The van der Waals surface area contributed by atoms with Crippen molar-refractivity contribution in [2.45, 2.75) is 12.8 Å². The molecule has 0 atom stereocenters. The van der Waals surface area contributed by atoms with Gasteiger partial charge in [0.05, 0.1) is 11.1 Å². The second kappa shape index (κ2) is 10.9. The minimum absolute atomic E-state index is 0.0685. The highest BCUT2D eigenvalue weighted by Gasteiger charge is 2.28. The maximum absolute atomic E-state index is 12.9. The Balaban J connectivity index is 2.58. The van der Waals surface area contributed by atoms with Crippen LogP contribution >= 0.6 is 127 Å². The van der Waals surface area contributed by atoms with E-state index < -0.39 is 11.9 Å². The lowest BCUT2D eigenvalue weighted by atomic mass is 9.96. The predicted molar refractivity (Wildman–Crippen MR) is 141 cm³/mol. The Morgan fingerprint density at radius 3 is 1.03 bits per heavy atom. The van der Waals surface area contributed by atoms with Crippen molar-refractivity contribution < 1.29 is 24.6 Å². The Labute approximate surface area is 237 Å². The molecule has 0 heterocycles. The van der Waals surface area contributed by atoms with Gasteiger partial charge in [-0.15, -0.1) is 0 Å². The average molecular weight is 929 g/mol. The van der Waals surface area contributed by atoms with Crippen molar-refractivity contribution in [1.29, 1.82) is 0 Å². The third kappa shape index (κ3) is 5.34. The molecule has 2 aromatic carbocycles. The van der Waals surface area contributed by atoms with Crippen LogP contribution in [0.2, 0.25) is 0 Å². The molecule has 30 heavy (non-hydrogen) atoms. The van der Waals surface area contributed by atoms with Crippen molar-refractivity contribution in [3.05, 3.63) is 58.0 Å². The van der Waals surface area contributed by atoms with Crippen molar-refractivity contribution in [2.75, 3.05) is 0 Å². The summed E-state index contributed by atoms with van der Waals surface area (Å²) in [7, 11) is 0. The quantitative estimate of drug-likeness (QED) is 0.224. The Kier molecular flexibility index (Phi) is 9.84. The van der Waals surface area contributed by atoms with Gasteiger partial charge in [-0.3, -0.25) is 4.79 Å². The van der Waals surface area contributed by atoms with Gasteiger partial charge >= 0.3 is 11.9 Å². The SMILES string of the molecule is O=C(Cc1c(Br)c(Br)c(Br)c(Br)c1C(=O)O)Cc1c(Br)c(Br)c(Br)c(Br)c1C(=O)O. The van der Waals surface area contributed by atoms with E-state index in [1.807, 2.05) is 0 Å². The van der Waals surface area contributed by atoms with Crippen molar-refractivity contribution in [3.63, 3.8) is 0 Å². The molecular weight excluding hydrogens is 923 g/mol. The topological polar surface area (TPSA) is 91.7 Å². The first-order chi connectivity index (χ1) is 13.8. The number of hydrogen-bond donors (Lipinski definition) is 2. The molecule has 0 fully saturated rings. The van der Waals surface area contributed by atoms with Crippen LogP contribution in [0.25, 0.3) is 0 Å². The summed E-state index contributed by atoms with van der Waals surface area (Å²) in [6.07, 6.45) is -0.465. The van der Waals surface area contributed by atoms with Gasteiger partial charge in [-0.25, -0.2) is 9.59 Å². The first-order valence-corrected chi connectivity index (χ1v) is 13.8. The molecule has 0 aliphatic heterocycles. The number of carboxylic acids is 2. The van der Waals surface area contributed by atoms with Crippen LogP contribution in [0.4, 0.5) is 0 Å². The highest BCUT2D eigenvalue weighted by atomic mass is 79.9. The molecule has 13 heteroatoms. The fraction of sp³-hybridized carbons (Fsp3) is 0.118. The van der Waals surface area contributed by atoms with Gasteiger partial charge in [0.2, 0.25) is 0 Å². The molecule has 160 valence electrons. The molecule has 0 saturated carbocycles. The lowest BCUT2D eigenvalue weighted by Gasteiger charge is -2.16. The Morgan fingerprint density at radius 2 is 0.767 bits per heavy atom. The number of Topliss-reactive ketones (excluding diaryl/α,β-unsaturated/α-hetero) is 1. The lowest BCUT2D eigenvalue weighted by Crippen LogP contribution is -2.16. The maximum atomic E-state index is 12.9. The fourth-order valence-electron chi connectivity index (χ4n) is 2.59. The molecule has 0 bridgehead atoms. The molecule has 2 N–H and O–H groups in total. The highest BCUT2D eigenvalue weighted by molar-refractivity contribution is 9.15. The van der Waals surface area contributed by atoms with E-state index in [1.54, 1.807) is 0 Å². The van der Waals surface area contributed by atoms with E-state index in [0.717, 1.165) is 0 Å². The number of rotatable bonds is 6. The maximum Gasteiger partial charge on any atom is 0.337 e. The van der Waals surface area contributed by atoms with Gasteiger partial charge in [-0.1, -0.05) is 0 Å². The summed E-state index contributed by atoms with van der Waals surface area (Å²) in [5.74, 6) is -2.79. The third-order valence-corrected chi connectivity index (χ3v) is 13.6. The second-order valence-electron chi connectivity index (χ2n) is 5.72. The summed E-state index contributed by atoms with van der Waals surface area (Å²) >= 11 is 26.5. The van der Waals surface area contributed by atoms with Crippen molar-refractivity contribution in [2.24, 2.45) is 0 Å². The molecular formula is C17H6Br8O5. The van der Waals surface area contributed by atoms with E-state index in [2.05, 4.69) is 127 Å². The molecule has 0 aromatic heterocycles. The van der Waals surface area contributed by atoms with Crippen LogP contribution < -0.4 is 0 Å². The van der Waals surface area contributed by atoms with Crippen molar-refractivity contribution in [3.8, 4) is 0 Å². The summed E-state index contributed by atoms with van der Waals surface area (Å²) in [4.78, 5) is 36.6. The molecule has 0 unspecified atom stereocenters. The Bertz CT molecular complexity index is 1030. The number of hydrogen-bond acceptors (Lipinski definition) is 3. The molecule has 2 aromatic rings. The summed E-state index contributed by atoms with van der Waals surface area (Å²) in [5.41, 5.74) is 0.386. The molecule has 5 nitrogen and oxygen atoms in total. The summed E-state index contributed by atoms with van der Waals surface area (Å²) in [6.45, 7) is 0. The number of carbonyl (C=O) groups is 3. The van der Waals surface area contributed by atoms with E-state index in [9.17, 15) is 24.6 Å². The highest BCUT2D eigenvalue weighted by Crippen LogP contribution is 2.44. The van der Waals surface area contributed by atoms with Gasteiger partial charge in [0.15, 0.2) is 0 Å². The summed E-state index contributed by atoms with van der Waals surface area (Å²) in [6, 6.07) is 0. The lowest BCUT2D eigenvalue weighted by molar-refractivity contribution is -0.117. The molecule has 0 spiro atoms. The second-order valence-corrected chi connectivity index (χ2v) is 12.1. The predicted octanol–water partition coefficient (Wildman–Crippen LogP) is 8.54. The van der Waals surface area contributed by atoms with Gasteiger partial charge in [-0.2, -0.15) is 0 Å². The van der Waals surface area contributed by atoms with Crippen LogP contribution in [-0.2, 0) is 17.6 Å². The molecule has 0 aliphatic carbocycles. The van der Waals surface area contributed by atoms with E-state index in [4.69, 9.17) is 0 Å². The van der Waals surface area contributed by atoms with Gasteiger partial charge in [0.1, 0.15) is 5.78 Å². The zero-order valence-corrected chi connectivity index (χ0v) is 26.7. The van der Waals surface area contributed by atoms with Crippen LogP contribution in [0.3, 0.4) is 0 Å². The Morgan fingerprint density at radius 1 is 0.500 bits per heavy atom. The van der Waals surface area contributed by atoms with Crippen LogP contribution in [0.5, 0.6) is 0 Å². The van der Waals surface area contributed by atoms with Crippen molar-refractivity contribution in [1.82, 2.24) is 0 Å². The van der Waals surface area contributed by atoms with Gasteiger partial charge in [-0.05, 0) is 139 Å².